The molecule has 5 nitrogen and oxygen atoms in total. The first-order chi connectivity index (χ1) is 7.31. The number of nitrogens with one attached hydrogen (secondary N) is 1. The number of aromatic nitrogens is 3. The fourth-order valence-electron chi connectivity index (χ4n) is 1.20. The van der Waals surface area contributed by atoms with E-state index in [2.05, 4.69) is 36.3 Å². The van der Waals surface area contributed by atoms with E-state index in [-0.39, 0.29) is 0 Å². The first-order valence-electron chi connectivity index (χ1n) is 4.20. The molecule has 0 bridgehead atoms. The van der Waals surface area contributed by atoms with Crippen LogP contribution in [0.2, 0.25) is 0 Å². The van der Waals surface area contributed by atoms with E-state index < -0.39 is 0 Å². The highest BCUT2D eigenvalue weighted by Crippen LogP contribution is 2.24. The Morgan fingerprint density at radius 1 is 1.20 bits per heavy atom. The molecule has 0 aliphatic heterocycles. The molecule has 76 valence electrons. The van der Waals surface area contributed by atoms with Gasteiger partial charge in [0.05, 0.1) is 0 Å². The predicted molar refractivity (Wildman–Crippen MR) is 60.8 cm³/mol. The zero-order valence-corrected chi connectivity index (χ0v) is 9.27. The summed E-state index contributed by atoms with van der Waals surface area (Å²) in [4.78, 5) is 12.3. The van der Waals surface area contributed by atoms with Gasteiger partial charge in [-0.15, -0.1) is 0 Å². The molecule has 2 aromatic rings. The fraction of sp³-hybridized carbons (Fsp3) is 0. The molecule has 0 saturated heterocycles. The molecule has 0 radical (unpaired) electrons. The average Bonchev–Trinajstić information content (AvgIpc) is 2.29. The van der Waals surface area contributed by atoms with Gasteiger partial charge in [-0.2, -0.15) is 0 Å². The van der Waals surface area contributed by atoms with Gasteiger partial charge in [0.25, 0.3) is 0 Å². The van der Waals surface area contributed by atoms with Crippen LogP contribution in [0.1, 0.15) is 0 Å². The SMILES string of the molecule is NNc1nccnc1-c1cncc(Br)c1. The molecule has 0 amide bonds. The molecule has 2 aromatic heterocycles. The monoisotopic (exact) mass is 265 g/mol. The van der Waals surface area contributed by atoms with Crippen molar-refractivity contribution in [3.05, 3.63) is 35.3 Å². The summed E-state index contributed by atoms with van der Waals surface area (Å²) in [6.45, 7) is 0. The van der Waals surface area contributed by atoms with Crippen LogP contribution in [-0.4, -0.2) is 15.0 Å². The van der Waals surface area contributed by atoms with E-state index in [4.69, 9.17) is 5.84 Å². The van der Waals surface area contributed by atoms with E-state index in [1.165, 1.54) is 0 Å². The Hall–Kier alpha value is -1.53. The van der Waals surface area contributed by atoms with Gasteiger partial charge in [0.2, 0.25) is 0 Å². The molecular weight excluding hydrogens is 258 g/mol. The van der Waals surface area contributed by atoms with Gasteiger partial charge < -0.3 is 5.43 Å². The van der Waals surface area contributed by atoms with Crippen molar-refractivity contribution in [2.75, 3.05) is 5.43 Å². The van der Waals surface area contributed by atoms with Crippen molar-refractivity contribution in [1.29, 1.82) is 0 Å². The van der Waals surface area contributed by atoms with Crippen molar-refractivity contribution in [3.63, 3.8) is 0 Å². The minimum absolute atomic E-state index is 0.525. The first-order valence-corrected chi connectivity index (χ1v) is 4.99. The summed E-state index contributed by atoms with van der Waals surface area (Å²) in [7, 11) is 0. The van der Waals surface area contributed by atoms with Gasteiger partial charge in [-0.3, -0.25) is 9.97 Å². The average molecular weight is 266 g/mol. The van der Waals surface area contributed by atoms with Crippen LogP contribution >= 0.6 is 15.9 Å². The normalized spacial score (nSPS) is 10.0. The van der Waals surface area contributed by atoms with Crippen molar-refractivity contribution in [2.45, 2.75) is 0 Å². The number of nitrogen functional groups attached to an aromatic ring is 1. The highest BCUT2D eigenvalue weighted by atomic mass is 79.9. The minimum atomic E-state index is 0.525. The van der Waals surface area contributed by atoms with Gasteiger partial charge in [-0.05, 0) is 22.0 Å². The Balaban J connectivity index is 2.53. The Labute approximate surface area is 94.9 Å². The molecule has 0 unspecified atom stereocenters. The van der Waals surface area contributed by atoms with E-state index >= 15 is 0 Å². The van der Waals surface area contributed by atoms with Gasteiger partial charge in [-0.25, -0.2) is 10.8 Å². The Morgan fingerprint density at radius 2 is 2.00 bits per heavy atom. The fourth-order valence-corrected chi connectivity index (χ4v) is 1.56. The van der Waals surface area contributed by atoms with Crippen LogP contribution in [0.15, 0.2) is 35.3 Å². The summed E-state index contributed by atoms with van der Waals surface area (Å²) in [5, 5.41) is 0. The smallest absolute Gasteiger partial charge is 0.166 e. The second-order valence-electron chi connectivity index (χ2n) is 2.79. The summed E-state index contributed by atoms with van der Waals surface area (Å²) in [5.41, 5.74) is 4.02. The maximum atomic E-state index is 5.34. The summed E-state index contributed by atoms with van der Waals surface area (Å²) < 4.78 is 0.883. The van der Waals surface area contributed by atoms with Gasteiger partial charge in [-0.1, -0.05) is 0 Å². The predicted octanol–water partition coefficient (Wildman–Crippen LogP) is 1.59. The lowest BCUT2D eigenvalue weighted by molar-refractivity contribution is 1.15. The molecule has 0 fully saturated rings. The molecule has 2 heterocycles. The molecule has 15 heavy (non-hydrogen) atoms. The lowest BCUT2D eigenvalue weighted by Gasteiger charge is -2.05. The van der Waals surface area contributed by atoms with E-state index in [1.54, 1.807) is 24.8 Å². The standard InChI is InChI=1S/C9H8BrN5/c10-7-3-6(4-12-5-7)8-9(15-11)14-2-1-13-8/h1-5H,11H2,(H,14,15). The van der Waals surface area contributed by atoms with Crippen LogP contribution in [-0.2, 0) is 0 Å². The molecule has 0 aromatic carbocycles. The number of hydrogen-bond donors (Lipinski definition) is 2. The highest BCUT2D eigenvalue weighted by molar-refractivity contribution is 9.10. The Morgan fingerprint density at radius 3 is 2.73 bits per heavy atom. The Kier molecular flexibility index (Phi) is 2.89. The number of nitrogens with two attached hydrogens (primary N) is 1. The molecule has 0 aliphatic rings. The van der Waals surface area contributed by atoms with Crippen LogP contribution < -0.4 is 11.3 Å². The maximum Gasteiger partial charge on any atom is 0.166 e. The summed E-state index contributed by atoms with van der Waals surface area (Å²) in [6, 6.07) is 1.90. The van der Waals surface area contributed by atoms with E-state index in [1.807, 2.05) is 6.07 Å². The quantitative estimate of drug-likeness (QED) is 0.637. The van der Waals surface area contributed by atoms with Crippen molar-refractivity contribution >= 4 is 21.7 Å². The van der Waals surface area contributed by atoms with Crippen molar-refractivity contribution in [2.24, 2.45) is 5.84 Å². The number of hydrazine groups is 1. The van der Waals surface area contributed by atoms with Crippen molar-refractivity contribution in [1.82, 2.24) is 15.0 Å². The molecule has 3 N–H and O–H groups in total. The van der Waals surface area contributed by atoms with Crippen molar-refractivity contribution < 1.29 is 0 Å². The van der Waals surface area contributed by atoms with Crippen LogP contribution in [0.25, 0.3) is 11.3 Å². The minimum Gasteiger partial charge on any atom is -0.307 e. The second-order valence-corrected chi connectivity index (χ2v) is 3.71. The van der Waals surface area contributed by atoms with E-state index in [0.717, 1.165) is 10.0 Å². The summed E-state index contributed by atoms with van der Waals surface area (Å²) in [5.74, 6) is 5.87. The Bertz CT molecular complexity index is 474. The molecular formula is C9H8BrN5. The summed E-state index contributed by atoms with van der Waals surface area (Å²) in [6.07, 6.45) is 6.59. The number of anilines is 1. The molecule has 6 heteroatoms. The zero-order chi connectivity index (χ0) is 10.7. The van der Waals surface area contributed by atoms with Crippen LogP contribution in [0.3, 0.4) is 0 Å². The summed E-state index contributed by atoms with van der Waals surface area (Å²) >= 11 is 3.34. The van der Waals surface area contributed by atoms with Crippen LogP contribution in [0, 0.1) is 0 Å². The van der Waals surface area contributed by atoms with Gasteiger partial charge in [0.1, 0.15) is 5.69 Å². The third-order valence-corrected chi connectivity index (χ3v) is 2.25. The number of hydrogen-bond acceptors (Lipinski definition) is 5. The third-order valence-electron chi connectivity index (χ3n) is 1.81. The van der Waals surface area contributed by atoms with Crippen molar-refractivity contribution in [3.8, 4) is 11.3 Å². The zero-order valence-electron chi connectivity index (χ0n) is 7.68. The van der Waals surface area contributed by atoms with Gasteiger partial charge in [0.15, 0.2) is 5.82 Å². The second kappa shape index (κ2) is 4.33. The highest BCUT2D eigenvalue weighted by Gasteiger charge is 2.06. The molecule has 0 spiro atoms. The largest absolute Gasteiger partial charge is 0.307 e. The molecule has 0 saturated carbocycles. The van der Waals surface area contributed by atoms with Gasteiger partial charge in [0, 0.05) is 34.8 Å². The number of rotatable bonds is 2. The molecule has 0 aliphatic carbocycles. The first kappa shape index (κ1) is 10.0. The van der Waals surface area contributed by atoms with Crippen LogP contribution in [0.5, 0.6) is 0 Å². The number of nitrogens with zero attached hydrogens (tertiary/aromatic N) is 3. The lowest BCUT2D eigenvalue weighted by Crippen LogP contribution is -2.10. The van der Waals surface area contributed by atoms with E-state index in [9.17, 15) is 0 Å². The third kappa shape index (κ3) is 2.11. The molecule has 0 atom stereocenters. The lowest BCUT2D eigenvalue weighted by atomic mass is 10.2. The van der Waals surface area contributed by atoms with Crippen LogP contribution in [0.4, 0.5) is 5.82 Å². The molecule has 2 rings (SSSR count). The topological polar surface area (TPSA) is 76.7 Å². The number of pyridine rings is 1. The van der Waals surface area contributed by atoms with E-state index in [0.29, 0.717) is 11.5 Å². The maximum absolute atomic E-state index is 5.34. The van der Waals surface area contributed by atoms with Gasteiger partial charge >= 0.3 is 0 Å². The number of halogens is 1.